The molecule has 0 aliphatic heterocycles. The SMILES string of the molecule is CNC(c1ccc(O)cc1)P(O)OC. The summed E-state index contributed by atoms with van der Waals surface area (Å²) in [6.07, 6.45) is 0. The standard InChI is InChI=1S/C9H14NO3P/c1-10-9(14(12)13-2)7-3-5-8(11)6-4-7/h3-6,9-12H,1-2H3. The fourth-order valence-electron chi connectivity index (χ4n) is 1.17. The van der Waals surface area contributed by atoms with Gasteiger partial charge in [0.2, 0.25) is 0 Å². The van der Waals surface area contributed by atoms with E-state index in [0.717, 1.165) is 5.56 Å². The normalized spacial score (nSPS) is 15.1. The summed E-state index contributed by atoms with van der Waals surface area (Å²) in [7, 11) is 1.70. The van der Waals surface area contributed by atoms with Gasteiger partial charge < -0.3 is 19.8 Å². The zero-order chi connectivity index (χ0) is 10.6. The summed E-state index contributed by atoms with van der Waals surface area (Å²) in [4.78, 5) is 9.56. The van der Waals surface area contributed by atoms with Crippen molar-refractivity contribution in [3.63, 3.8) is 0 Å². The molecule has 4 nitrogen and oxygen atoms in total. The van der Waals surface area contributed by atoms with E-state index < -0.39 is 8.38 Å². The van der Waals surface area contributed by atoms with Crippen LogP contribution in [0.5, 0.6) is 5.75 Å². The molecule has 78 valence electrons. The Kier molecular flexibility index (Phi) is 4.29. The molecule has 0 aliphatic carbocycles. The number of rotatable bonds is 4. The molecule has 0 radical (unpaired) electrons. The van der Waals surface area contributed by atoms with Gasteiger partial charge in [0, 0.05) is 7.11 Å². The second-order valence-electron chi connectivity index (χ2n) is 2.77. The molecule has 2 unspecified atom stereocenters. The van der Waals surface area contributed by atoms with Gasteiger partial charge in [-0.2, -0.15) is 0 Å². The highest BCUT2D eigenvalue weighted by molar-refractivity contribution is 7.46. The average molecular weight is 215 g/mol. The van der Waals surface area contributed by atoms with E-state index in [-0.39, 0.29) is 11.5 Å². The molecule has 0 bridgehead atoms. The Morgan fingerprint density at radius 3 is 2.36 bits per heavy atom. The molecule has 1 aromatic rings. The molecule has 0 fully saturated rings. The van der Waals surface area contributed by atoms with Crippen molar-refractivity contribution in [2.45, 2.75) is 5.78 Å². The first-order valence-corrected chi connectivity index (χ1v) is 5.45. The van der Waals surface area contributed by atoms with Crippen molar-refractivity contribution in [1.29, 1.82) is 0 Å². The summed E-state index contributed by atoms with van der Waals surface area (Å²) in [6, 6.07) is 6.67. The van der Waals surface area contributed by atoms with Crippen LogP contribution in [-0.2, 0) is 4.52 Å². The van der Waals surface area contributed by atoms with Gasteiger partial charge in [0.15, 0.2) is 8.38 Å². The number of hydrogen-bond donors (Lipinski definition) is 3. The number of benzene rings is 1. The number of phenols is 1. The molecule has 0 spiro atoms. The maximum atomic E-state index is 9.56. The second kappa shape index (κ2) is 5.27. The Hall–Kier alpha value is -0.670. The zero-order valence-corrected chi connectivity index (χ0v) is 9.03. The lowest BCUT2D eigenvalue weighted by molar-refractivity contribution is 0.374. The lowest BCUT2D eigenvalue weighted by atomic mass is 10.2. The van der Waals surface area contributed by atoms with Crippen LogP contribution in [0.1, 0.15) is 11.3 Å². The van der Waals surface area contributed by atoms with Gasteiger partial charge in [-0.05, 0) is 24.7 Å². The number of aromatic hydroxyl groups is 1. The topological polar surface area (TPSA) is 61.7 Å². The first kappa shape index (κ1) is 11.4. The first-order valence-electron chi connectivity index (χ1n) is 4.17. The molecule has 14 heavy (non-hydrogen) atoms. The molecule has 1 aromatic carbocycles. The molecule has 3 N–H and O–H groups in total. The number of phenolic OH excluding ortho intramolecular Hbond substituents is 1. The van der Waals surface area contributed by atoms with E-state index in [1.165, 1.54) is 7.11 Å². The van der Waals surface area contributed by atoms with Crippen LogP contribution in [0.25, 0.3) is 0 Å². The van der Waals surface area contributed by atoms with Crippen molar-refractivity contribution in [1.82, 2.24) is 5.32 Å². The number of nitrogens with one attached hydrogen (secondary N) is 1. The van der Waals surface area contributed by atoms with Gasteiger partial charge in [-0.3, -0.25) is 0 Å². The van der Waals surface area contributed by atoms with Gasteiger partial charge in [0.1, 0.15) is 11.5 Å². The Bertz CT molecular complexity index is 278. The minimum Gasteiger partial charge on any atom is -0.508 e. The quantitative estimate of drug-likeness (QED) is 0.667. The summed E-state index contributed by atoms with van der Waals surface area (Å²) in [5.41, 5.74) is 0.890. The predicted octanol–water partition coefficient (Wildman–Crippen LogP) is 1.56. The van der Waals surface area contributed by atoms with Crippen LogP contribution in [0, 0.1) is 0 Å². The predicted molar refractivity (Wildman–Crippen MR) is 56.1 cm³/mol. The van der Waals surface area contributed by atoms with E-state index in [2.05, 4.69) is 5.32 Å². The molecule has 1 rings (SSSR count). The van der Waals surface area contributed by atoms with Crippen LogP contribution < -0.4 is 5.32 Å². The third-order valence-corrected chi connectivity index (χ3v) is 3.26. The van der Waals surface area contributed by atoms with Crippen molar-refractivity contribution in [3.8, 4) is 5.75 Å². The van der Waals surface area contributed by atoms with E-state index in [0.29, 0.717) is 0 Å². The Morgan fingerprint density at radius 1 is 1.36 bits per heavy atom. The van der Waals surface area contributed by atoms with Gasteiger partial charge in [0.05, 0.1) is 0 Å². The van der Waals surface area contributed by atoms with E-state index >= 15 is 0 Å². The van der Waals surface area contributed by atoms with Gasteiger partial charge in [-0.15, -0.1) is 0 Å². The lowest BCUT2D eigenvalue weighted by Gasteiger charge is -2.20. The number of hydrogen-bond acceptors (Lipinski definition) is 4. The fourth-order valence-corrected chi connectivity index (χ4v) is 2.03. The smallest absolute Gasteiger partial charge is 0.190 e. The van der Waals surface area contributed by atoms with E-state index in [4.69, 9.17) is 9.63 Å². The molecular formula is C9H14NO3P. The summed E-state index contributed by atoms with van der Waals surface area (Å²) in [6.45, 7) is 0. The largest absolute Gasteiger partial charge is 0.508 e. The molecule has 5 heteroatoms. The van der Waals surface area contributed by atoms with Crippen LogP contribution in [0.3, 0.4) is 0 Å². The Labute approximate surface area is 84.5 Å². The van der Waals surface area contributed by atoms with Crippen LogP contribution >= 0.6 is 8.38 Å². The van der Waals surface area contributed by atoms with Crippen molar-refractivity contribution < 1.29 is 14.5 Å². The highest BCUT2D eigenvalue weighted by Gasteiger charge is 2.19. The van der Waals surface area contributed by atoms with Crippen LogP contribution in [0.2, 0.25) is 0 Å². The van der Waals surface area contributed by atoms with Crippen molar-refractivity contribution >= 4 is 8.38 Å². The third-order valence-electron chi connectivity index (χ3n) is 1.89. The van der Waals surface area contributed by atoms with Gasteiger partial charge in [-0.1, -0.05) is 12.1 Å². The maximum absolute atomic E-state index is 9.56. The minimum absolute atomic E-state index is 0.211. The van der Waals surface area contributed by atoms with Crippen LogP contribution in [-0.4, -0.2) is 24.2 Å². The molecule has 0 aliphatic rings. The highest BCUT2D eigenvalue weighted by atomic mass is 31.2. The summed E-state index contributed by atoms with van der Waals surface area (Å²) in [5, 5.41) is 12.1. The van der Waals surface area contributed by atoms with E-state index in [9.17, 15) is 4.89 Å². The molecule has 0 saturated heterocycles. The van der Waals surface area contributed by atoms with Crippen LogP contribution in [0.4, 0.5) is 0 Å². The molecule has 0 heterocycles. The van der Waals surface area contributed by atoms with E-state index in [1.54, 1.807) is 31.3 Å². The minimum atomic E-state index is -1.52. The molecule has 0 amide bonds. The highest BCUT2D eigenvalue weighted by Crippen LogP contribution is 2.45. The second-order valence-corrected chi connectivity index (χ2v) is 4.25. The van der Waals surface area contributed by atoms with Gasteiger partial charge >= 0.3 is 0 Å². The molecule has 0 aromatic heterocycles. The van der Waals surface area contributed by atoms with Gasteiger partial charge in [-0.25, -0.2) is 0 Å². The average Bonchev–Trinajstić information content (AvgIpc) is 2.21. The van der Waals surface area contributed by atoms with Crippen molar-refractivity contribution in [2.24, 2.45) is 0 Å². The zero-order valence-electron chi connectivity index (χ0n) is 8.14. The Morgan fingerprint density at radius 2 is 1.93 bits per heavy atom. The molecule has 2 atom stereocenters. The monoisotopic (exact) mass is 215 g/mol. The van der Waals surface area contributed by atoms with E-state index in [1.807, 2.05) is 0 Å². The van der Waals surface area contributed by atoms with Crippen molar-refractivity contribution in [3.05, 3.63) is 29.8 Å². The Balaban J connectivity index is 2.84. The molecule has 0 saturated carbocycles. The molecular weight excluding hydrogens is 201 g/mol. The van der Waals surface area contributed by atoms with Crippen LogP contribution in [0.15, 0.2) is 24.3 Å². The lowest BCUT2D eigenvalue weighted by Crippen LogP contribution is -2.14. The van der Waals surface area contributed by atoms with Gasteiger partial charge in [0.25, 0.3) is 0 Å². The van der Waals surface area contributed by atoms with Crippen molar-refractivity contribution in [2.75, 3.05) is 14.2 Å². The first-order chi connectivity index (χ1) is 6.69. The summed E-state index contributed by atoms with van der Waals surface area (Å²) < 4.78 is 4.88. The third kappa shape index (κ3) is 2.66. The summed E-state index contributed by atoms with van der Waals surface area (Å²) in [5.74, 6) is -0.0149. The fraction of sp³-hybridized carbons (Fsp3) is 0.333. The summed E-state index contributed by atoms with van der Waals surface area (Å²) >= 11 is 0. The maximum Gasteiger partial charge on any atom is 0.190 e.